The zero-order valence-corrected chi connectivity index (χ0v) is 7.33. The van der Waals surface area contributed by atoms with Gasteiger partial charge in [0.15, 0.2) is 6.04 Å². The van der Waals surface area contributed by atoms with Crippen molar-refractivity contribution in [2.24, 2.45) is 16.2 Å². The molecule has 0 aromatic carbocycles. The average molecular weight is 201 g/mol. The van der Waals surface area contributed by atoms with Crippen molar-refractivity contribution in [2.45, 2.75) is 18.9 Å². The Bertz CT molecular complexity index is 262. The highest BCUT2D eigenvalue weighted by Crippen LogP contribution is 1.98. The number of nitrogens with two attached hydrogens (primary N) is 1. The number of aliphatic carboxylic acids is 2. The first-order chi connectivity index (χ1) is 6.57. The molecule has 0 spiro atoms. The number of carbonyl (C=O) groups is 2. The number of hydrogen-bond donors (Lipinski definition) is 3. The van der Waals surface area contributed by atoms with E-state index in [1.165, 1.54) is 12.2 Å². The minimum absolute atomic E-state index is 0.0530. The molecule has 0 rings (SSSR count). The quantitative estimate of drug-likeness (QED) is 0.245. The predicted molar refractivity (Wildman–Crippen MR) is 46.5 cm³/mol. The molecular formula is C7H11N3O4. The predicted octanol–water partition coefficient (Wildman–Crippen LogP) is 0.186. The Balaban J connectivity index is 4.03. The molecule has 14 heavy (non-hydrogen) atoms. The van der Waals surface area contributed by atoms with Crippen molar-refractivity contribution in [3.8, 4) is 0 Å². The van der Waals surface area contributed by atoms with Gasteiger partial charge in [-0.3, -0.25) is 4.79 Å². The smallest absolute Gasteiger partial charge is 0.334 e. The van der Waals surface area contributed by atoms with Crippen LogP contribution >= 0.6 is 0 Å². The van der Waals surface area contributed by atoms with E-state index < -0.39 is 18.0 Å². The Morgan fingerprint density at radius 1 is 1.43 bits per heavy atom. The molecule has 0 amide bonds. The van der Waals surface area contributed by atoms with E-state index in [1.807, 2.05) is 0 Å². The zero-order chi connectivity index (χ0) is 11.0. The fourth-order valence-electron chi connectivity index (χ4n) is 0.674. The van der Waals surface area contributed by atoms with Crippen molar-refractivity contribution in [1.82, 2.24) is 0 Å². The van der Waals surface area contributed by atoms with Gasteiger partial charge in [0.05, 0.1) is 0 Å². The monoisotopic (exact) mass is 201 g/mol. The molecule has 0 radical (unpaired) electrons. The second-order valence-corrected chi connectivity index (χ2v) is 2.37. The summed E-state index contributed by atoms with van der Waals surface area (Å²) in [5, 5.41) is 22.9. The van der Waals surface area contributed by atoms with Crippen LogP contribution < -0.4 is 5.84 Å². The van der Waals surface area contributed by atoms with Gasteiger partial charge in [0.2, 0.25) is 0 Å². The second kappa shape index (κ2) is 6.58. The number of carboxylic acid groups (broad SMARTS) is 2. The van der Waals surface area contributed by atoms with Crippen LogP contribution in [0.5, 0.6) is 0 Å². The van der Waals surface area contributed by atoms with Crippen molar-refractivity contribution in [2.75, 3.05) is 0 Å². The van der Waals surface area contributed by atoms with Gasteiger partial charge in [0.25, 0.3) is 0 Å². The van der Waals surface area contributed by atoms with Crippen LogP contribution in [0.25, 0.3) is 0 Å². The van der Waals surface area contributed by atoms with Crippen LogP contribution in [-0.4, -0.2) is 28.2 Å². The summed E-state index contributed by atoms with van der Waals surface area (Å²) in [5.41, 5.74) is 0. The highest BCUT2D eigenvalue weighted by molar-refractivity contribution is 5.75. The molecule has 7 nitrogen and oxygen atoms in total. The third-order valence-electron chi connectivity index (χ3n) is 1.29. The number of rotatable bonds is 6. The lowest BCUT2D eigenvalue weighted by Crippen LogP contribution is -2.14. The Kier molecular flexibility index (Phi) is 5.68. The van der Waals surface area contributed by atoms with E-state index in [1.54, 1.807) is 0 Å². The summed E-state index contributed by atoms with van der Waals surface area (Å²) in [7, 11) is 0. The molecule has 0 aromatic rings. The molecule has 0 aliphatic rings. The molecule has 0 saturated carbocycles. The Morgan fingerprint density at radius 2 is 2.07 bits per heavy atom. The molecule has 0 aromatic heterocycles. The van der Waals surface area contributed by atoms with Crippen molar-refractivity contribution in [3.05, 3.63) is 12.2 Å². The molecule has 4 N–H and O–H groups in total. The van der Waals surface area contributed by atoms with Crippen molar-refractivity contribution >= 4 is 11.9 Å². The minimum atomic E-state index is -1.19. The summed E-state index contributed by atoms with van der Waals surface area (Å²) < 4.78 is 0. The lowest BCUT2D eigenvalue weighted by atomic mass is 10.2. The molecule has 0 saturated heterocycles. The molecule has 0 heterocycles. The van der Waals surface area contributed by atoms with E-state index in [-0.39, 0.29) is 12.8 Å². The van der Waals surface area contributed by atoms with Gasteiger partial charge in [-0.15, -0.1) is 0 Å². The first-order valence-corrected chi connectivity index (χ1v) is 3.79. The molecule has 0 bridgehead atoms. The van der Waals surface area contributed by atoms with Gasteiger partial charge < -0.3 is 16.1 Å². The SMILES string of the molecule is NN=NC(/C=C/CCC(=O)O)C(=O)O. The maximum atomic E-state index is 10.4. The van der Waals surface area contributed by atoms with Crippen molar-refractivity contribution < 1.29 is 19.8 Å². The summed E-state index contributed by atoms with van der Waals surface area (Å²) >= 11 is 0. The third kappa shape index (κ3) is 5.70. The maximum Gasteiger partial charge on any atom is 0.334 e. The summed E-state index contributed by atoms with van der Waals surface area (Å²) in [5.74, 6) is 2.55. The van der Waals surface area contributed by atoms with Gasteiger partial charge in [-0.25, -0.2) is 4.79 Å². The fraction of sp³-hybridized carbons (Fsp3) is 0.429. The number of nitrogens with zero attached hydrogens (tertiary/aromatic N) is 2. The normalized spacial score (nSPS) is 13.4. The maximum absolute atomic E-state index is 10.4. The van der Waals surface area contributed by atoms with Gasteiger partial charge in [0, 0.05) is 6.42 Å². The van der Waals surface area contributed by atoms with Crippen LogP contribution in [-0.2, 0) is 9.59 Å². The first kappa shape index (κ1) is 12.1. The molecule has 0 fully saturated rings. The van der Waals surface area contributed by atoms with E-state index in [2.05, 4.69) is 16.2 Å². The lowest BCUT2D eigenvalue weighted by Gasteiger charge is -1.97. The number of hydrogen-bond acceptors (Lipinski definition) is 4. The molecule has 0 aliphatic heterocycles. The van der Waals surface area contributed by atoms with E-state index in [0.29, 0.717) is 0 Å². The van der Waals surface area contributed by atoms with Crippen molar-refractivity contribution in [1.29, 1.82) is 0 Å². The van der Waals surface area contributed by atoms with Crippen molar-refractivity contribution in [3.63, 3.8) is 0 Å². The summed E-state index contributed by atoms with van der Waals surface area (Å²) in [4.78, 5) is 20.5. The lowest BCUT2D eigenvalue weighted by molar-refractivity contribution is -0.138. The summed E-state index contributed by atoms with van der Waals surface area (Å²) in [6.45, 7) is 0. The third-order valence-corrected chi connectivity index (χ3v) is 1.29. The van der Waals surface area contributed by atoms with Crippen LogP contribution in [0.4, 0.5) is 0 Å². The standard InChI is InChI=1S/C7H11N3O4/c8-10-9-5(7(13)14)3-1-2-4-6(11)12/h1,3,5H,2,4H2,(H2,8,9)(H,11,12)(H,13,14)/b3-1+. The summed E-state index contributed by atoms with van der Waals surface area (Å²) in [6, 6.07) is -1.14. The van der Waals surface area contributed by atoms with Gasteiger partial charge in [-0.2, -0.15) is 5.11 Å². The molecule has 7 heteroatoms. The van der Waals surface area contributed by atoms with Gasteiger partial charge >= 0.3 is 11.9 Å². The molecule has 1 atom stereocenters. The van der Waals surface area contributed by atoms with Gasteiger partial charge in [0.1, 0.15) is 0 Å². The Hall–Kier alpha value is -1.92. The molecule has 0 aliphatic carbocycles. The Labute approximate surface area is 79.9 Å². The number of carboxylic acids is 2. The van der Waals surface area contributed by atoms with Crippen LogP contribution in [0.1, 0.15) is 12.8 Å². The van der Waals surface area contributed by atoms with Crippen LogP contribution in [0.15, 0.2) is 22.5 Å². The van der Waals surface area contributed by atoms with E-state index in [4.69, 9.17) is 10.2 Å². The molecule has 1 unspecified atom stereocenters. The zero-order valence-electron chi connectivity index (χ0n) is 7.33. The van der Waals surface area contributed by atoms with Crippen LogP contribution in [0.3, 0.4) is 0 Å². The highest BCUT2D eigenvalue weighted by atomic mass is 16.4. The van der Waals surface area contributed by atoms with E-state index in [0.717, 1.165) is 0 Å². The average Bonchev–Trinajstić information content (AvgIpc) is 2.09. The van der Waals surface area contributed by atoms with Gasteiger partial charge in [-0.05, 0) is 6.42 Å². The van der Waals surface area contributed by atoms with Crippen LogP contribution in [0, 0.1) is 0 Å². The first-order valence-electron chi connectivity index (χ1n) is 3.79. The molecule has 78 valence electrons. The van der Waals surface area contributed by atoms with E-state index >= 15 is 0 Å². The van der Waals surface area contributed by atoms with Gasteiger partial charge in [-0.1, -0.05) is 17.4 Å². The second-order valence-electron chi connectivity index (χ2n) is 2.37. The number of allylic oxidation sites excluding steroid dienone is 1. The fourth-order valence-corrected chi connectivity index (χ4v) is 0.674. The summed E-state index contributed by atoms with van der Waals surface area (Å²) in [6.07, 6.45) is 2.85. The Morgan fingerprint density at radius 3 is 2.50 bits per heavy atom. The highest BCUT2D eigenvalue weighted by Gasteiger charge is 2.11. The van der Waals surface area contributed by atoms with Crippen LogP contribution in [0.2, 0.25) is 0 Å². The molecular weight excluding hydrogens is 190 g/mol. The largest absolute Gasteiger partial charge is 0.481 e. The minimum Gasteiger partial charge on any atom is -0.481 e. The van der Waals surface area contributed by atoms with E-state index in [9.17, 15) is 9.59 Å². The topological polar surface area (TPSA) is 125 Å².